The lowest BCUT2D eigenvalue weighted by Gasteiger charge is -2.26. The van der Waals surface area contributed by atoms with Gasteiger partial charge in [0.2, 0.25) is 0 Å². The van der Waals surface area contributed by atoms with E-state index in [1.54, 1.807) is 30.6 Å². The van der Waals surface area contributed by atoms with Crippen LogP contribution in [-0.2, 0) is 21.8 Å². The Hall–Kier alpha value is -0.960. The fraction of sp³-hybridized carbons (Fsp3) is 0.700. The minimum absolute atomic E-state index is 0.261. The van der Waals surface area contributed by atoms with E-state index in [1.165, 1.54) is 0 Å². The van der Waals surface area contributed by atoms with Gasteiger partial charge in [0.25, 0.3) is 10.0 Å². The summed E-state index contributed by atoms with van der Waals surface area (Å²) in [6, 6.07) is 0. The van der Waals surface area contributed by atoms with Crippen molar-refractivity contribution in [2.24, 2.45) is 7.05 Å². The third-order valence-corrected chi connectivity index (χ3v) is 4.60. The van der Waals surface area contributed by atoms with Gasteiger partial charge in [-0.1, -0.05) is 0 Å². The van der Waals surface area contributed by atoms with Crippen molar-refractivity contribution >= 4 is 10.0 Å². The van der Waals surface area contributed by atoms with Crippen molar-refractivity contribution in [1.82, 2.24) is 19.6 Å². The van der Waals surface area contributed by atoms with Crippen molar-refractivity contribution < 1.29 is 13.2 Å². The monoisotopic (exact) mass is 274 g/mol. The number of hydrogen-bond acceptors (Lipinski definition) is 5. The van der Waals surface area contributed by atoms with Crippen molar-refractivity contribution in [3.05, 3.63) is 11.4 Å². The molecule has 0 saturated carbocycles. The molecule has 0 bridgehead atoms. The van der Waals surface area contributed by atoms with Crippen LogP contribution < -0.4 is 4.83 Å². The van der Waals surface area contributed by atoms with Gasteiger partial charge in [-0.2, -0.15) is 5.10 Å². The van der Waals surface area contributed by atoms with Gasteiger partial charge in [0.15, 0.2) is 0 Å². The summed E-state index contributed by atoms with van der Waals surface area (Å²) in [4.78, 5) is 2.84. The molecule has 0 unspecified atom stereocenters. The molecule has 18 heavy (non-hydrogen) atoms. The maximum atomic E-state index is 12.3. The van der Waals surface area contributed by atoms with E-state index >= 15 is 0 Å². The van der Waals surface area contributed by atoms with Crippen LogP contribution in [0.1, 0.15) is 11.4 Å². The van der Waals surface area contributed by atoms with E-state index in [0.717, 1.165) is 0 Å². The SMILES string of the molecule is Cc1nn(C)c(C)c1S(=O)(=O)NN1CCOCC1. The summed E-state index contributed by atoms with van der Waals surface area (Å²) in [7, 11) is -1.83. The van der Waals surface area contributed by atoms with E-state index in [1.807, 2.05) is 0 Å². The number of aromatic nitrogens is 2. The van der Waals surface area contributed by atoms with E-state index in [0.29, 0.717) is 37.7 Å². The Morgan fingerprint density at radius 2 is 1.89 bits per heavy atom. The maximum Gasteiger partial charge on any atom is 0.257 e. The first-order valence-corrected chi connectivity index (χ1v) is 7.25. The standard InChI is InChI=1S/C10H18N4O3S/c1-8-10(9(2)13(3)11-8)18(15,16)12-14-4-6-17-7-5-14/h12H,4-7H2,1-3H3. The molecule has 1 aliphatic heterocycles. The van der Waals surface area contributed by atoms with E-state index < -0.39 is 10.0 Å². The summed E-state index contributed by atoms with van der Waals surface area (Å²) in [6.07, 6.45) is 0. The minimum Gasteiger partial charge on any atom is -0.379 e. The first-order valence-electron chi connectivity index (χ1n) is 5.77. The first-order chi connectivity index (χ1) is 8.42. The average molecular weight is 274 g/mol. The number of hydrogen-bond donors (Lipinski definition) is 1. The lowest BCUT2D eigenvalue weighted by atomic mass is 10.4. The Morgan fingerprint density at radius 3 is 2.39 bits per heavy atom. The molecule has 2 heterocycles. The van der Waals surface area contributed by atoms with Gasteiger partial charge in [-0.3, -0.25) is 4.68 Å². The molecule has 1 aromatic rings. The summed E-state index contributed by atoms with van der Waals surface area (Å²) in [5, 5.41) is 5.78. The fourth-order valence-corrected chi connectivity index (χ4v) is 3.58. The molecular weight excluding hydrogens is 256 g/mol. The highest BCUT2D eigenvalue weighted by Crippen LogP contribution is 2.18. The molecule has 0 aromatic carbocycles. The number of sulfonamides is 1. The first kappa shape index (κ1) is 13.5. The van der Waals surface area contributed by atoms with E-state index in [9.17, 15) is 8.42 Å². The zero-order chi connectivity index (χ0) is 13.3. The zero-order valence-corrected chi connectivity index (χ0v) is 11.6. The Kier molecular flexibility index (Phi) is 3.71. The molecule has 1 saturated heterocycles. The lowest BCUT2D eigenvalue weighted by Crippen LogP contribution is -2.48. The van der Waals surface area contributed by atoms with Gasteiger partial charge in [0, 0.05) is 20.1 Å². The second-order valence-corrected chi connectivity index (χ2v) is 5.92. The van der Waals surface area contributed by atoms with Gasteiger partial charge in [0.1, 0.15) is 4.90 Å². The number of nitrogens with one attached hydrogen (secondary N) is 1. The van der Waals surface area contributed by atoms with Crippen molar-refractivity contribution in [3.8, 4) is 0 Å². The average Bonchev–Trinajstić information content (AvgIpc) is 2.54. The summed E-state index contributed by atoms with van der Waals surface area (Å²) in [6.45, 7) is 5.62. The third-order valence-electron chi connectivity index (χ3n) is 2.97. The van der Waals surface area contributed by atoms with Crippen LogP contribution in [0, 0.1) is 13.8 Å². The van der Waals surface area contributed by atoms with Crippen LogP contribution in [0.2, 0.25) is 0 Å². The van der Waals surface area contributed by atoms with Crippen molar-refractivity contribution in [2.75, 3.05) is 26.3 Å². The molecule has 1 aromatic heterocycles. The lowest BCUT2D eigenvalue weighted by molar-refractivity contribution is 0.0272. The second-order valence-electron chi connectivity index (χ2n) is 4.32. The molecule has 7 nitrogen and oxygen atoms in total. The third kappa shape index (κ3) is 2.56. The van der Waals surface area contributed by atoms with Gasteiger partial charge < -0.3 is 4.74 Å². The van der Waals surface area contributed by atoms with Crippen LogP contribution in [0.4, 0.5) is 0 Å². The Balaban J connectivity index is 2.24. The predicted octanol–water partition coefficient (Wildman–Crippen LogP) is -0.438. The molecule has 1 N–H and O–H groups in total. The zero-order valence-electron chi connectivity index (χ0n) is 10.8. The molecule has 102 valence electrons. The number of ether oxygens (including phenoxy) is 1. The molecule has 2 rings (SSSR count). The number of aryl methyl sites for hydroxylation is 2. The van der Waals surface area contributed by atoms with Crippen LogP contribution in [-0.4, -0.2) is 49.5 Å². The van der Waals surface area contributed by atoms with Crippen LogP contribution in [0.25, 0.3) is 0 Å². The minimum atomic E-state index is -3.56. The largest absolute Gasteiger partial charge is 0.379 e. The number of hydrazine groups is 1. The van der Waals surface area contributed by atoms with Gasteiger partial charge in [-0.15, -0.1) is 4.83 Å². The number of morpholine rings is 1. The molecule has 8 heteroatoms. The van der Waals surface area contributed by atoms with Crippen LogP contribution in [0.5, 0.6) is 0 Å². The van der Waals surface area contributed by atoms with Gasteiger partial charge in [-0.05, 0) is 13.8 Å². The predicted molar refractivity (Wildman–Crippen MR) is 65.4 cm³/mol. The quantitative estimate of drug-likeness (QED) is 0.809. The van der Waals surface area contributed by atoms with Gasteiger partial charge >= 0.3 is 0 Å². The van der Waals surface area contributed by atoms with Crippen LogP contribution in [0.3, 0.4) is 0 Å². The highest BCUT2D eigenvalue weighted by molar-refractivity contribution is 7.89. The molecular formula is C10H18N4O3S. The molecule has 0 atom stereocenters. The summed E-state index contributed by atoms with van der Waals surface area (Å²) in [5.41, 5.74) is 1.14. The summed E-state index contributed by atoms with van der Waals surface area (Å²) < 4.78 is 31.4. The topological polar surface area (TPSA) is 76.5 Å². The highest BCUT2D eigenvalue weighted by Gasteiger charge is 2.26. The van der Waals surface area contributed by atoms with Gasteiger partial charge in [-0.25, -0.2) is 13.4 Å². The van der Waals surface area contributed by atoms with Crippen molar-refractivity contribution in [3.63, 3.8) is 0 Å². The van der Waals surface area contributed by atoms with Crippen LogP contribution in [0.15, 0.2) is 4.90 Å². The molecule has 0 spiro atoms. The maximum absolute atomic E-state index is 12.3. The Bertz CT molecular complexity index is 532. The van der Waals surface area contributed by atoms with E-state index in [2.05, 4.69) is 9.93 Å². The number of nitrogens with zero attached hydrogens (tertiary/aromatic N) is 3. The van der Waals surface area contributed by atoms with Crippen molar-refractivity contribution in [2.45, 2.75) is 18.7 Å². The normalized spacial score (nSPS) is 18.2. The smallest absolute Gasteiger partial charge is 0.257 e. The van der Waals surface area contributed by atoms with Crippen LogP contribution >= 0.6 is 0 Å². The van der Waals surface area contributed by atoms with E-state index in [-0.39, 0.29) is 4.90 Å². The molecule has 0 radical (unpaired) electrons. The summed E-state index contributed by atoms with van der Waals surface area (Å²) in [5.74, 6) is 0. The fourth-order valence-electron chi connectivity index (χ4n) is 2.01. The number of rotatable bonds is 3. The Labute approximate surface area is 107 Å². The Morgan fingerprint density at radius 1 is 1.28 bits per heavy atom. The molecule has 0 aliphatic carbocycles. The van der Waals surface area contributed by atoms with E-state index in [4.69, 9.17) is 4.74 Å². The molecule has 1 fully saturated rings. The van der Waals surface area contributed by atoms with Crippen molar-refractivity contribution in [1.29, 1.82) is 0 Å². The molecule has 1 aliphatic rings. The second kappa shape index (κ2) is 4.96. The molecule has 0 amide bonds. The summed E-state index contributed by atoms with van der Waals surface area (Å²) >= 11 is 0. The highest BCUT2D eigenvalue weighted by atomic mass is 32.2. The van der Waals surface area contributed by atoms with Gasteiger partial charge in [0.05, 0.1) is 24.6 Å².